The molecule has 6 rings (SSSR count). The van der Waals surface area contributed by atoms with Crippen molar-refractivity contribution >= 4 is 23.2 Å². The Balaban J connectivity index is 1.22. The first-order chi connectivity index (χ1) is 15.8. The highest BCUT2D eigenvalue weighted by molar-refractivity contribution is 6.32. The van der Waals surface area contributed by atoms with E-state index in [-0.39, 0.29) is 40.4 Å². The van der Waals surface area contributed by atoms with Gasteiger partial charge in [-0.05, 0) is 86.3 Å². The highest BCUT2D eigenvalue weighted by Gasteiger charge is 2.54. The van der Waals surface area contributed by atoms with Crippen LogP contribution in [-0.4, -0.2) is 16.9 Å². The van der Waals surface area contributed by atoms with Crippen LogP contribution >= 0.6 is 11.6 Å². The molecule has 7 nitrogen and oxygen atoms in total. The van der Waals surface area contributed by atoms with Crippen LogP contribution in [0.3, 0.4) is 0 Å². The lowest BCUT2D eigenvalue weighted by Gasteiger charge is -2.59. The van der Waals surface area contributed by atoms with Gasteiger partial charge >= 0.3 is 0 Å². The first-order valence-corrected chi connectivity index (χ1v) is 12.2. The zero-order valence-electron chi connectivity index (χ0n) is 18.7. The first kappa shape index (κ1) is 22.3. The summed E-state index contributed by atoms with van der Waals surface area (Å²) in [5.74, 6) is 3.39. The van der Waals surface area contributed by atoms with Crippen molar-refractivity contribution in [2.24, 2.45) is 23.2 Å². The van der Waals surface area contributed by atoms with E-state index in [1.807, 2.05) is 0 Å². The molecule has 0 radical (unpaired) electrons. The number of hydrogen-bond acceptors (Lipinski definition) is 5. The zero-order chi connectivity index (χ0) is 23.2. The molecule has 4 aliphatic rings. The lowest BCUT2D eigenvalue weighted by Crippen LogP contribution is -2.56. The molecule has 0 spiro atoms. The van der Waals surface area contributed by atoms with E-state index in [2.05, 4.69) is 12.2 Å². The maximum Gasteiger partial charge on any atom is 0.287 e. The van der Waals surface area contributed by atoms with Gasteiger partial charge in [0.25, 0.3) is 11.6 Å². The third kappa shape index (κ3) is 4.35. The number of carbonyl (C=O) groups is 1. The van der Waals surface area contributed by atoms with Gasteiger partial charge in [0.1, 0.15) is 18.1 Å². The molecule has 33 heavy (non-hydrogen) atoms. The molecular formula is C25H29ClN2O5. The number of halogens is 1. The fourth-order valence-corrected chi connectivity index (χ4v) is 7.20. The molecule has 4 saturated carbocycles. The average Bonchev–Trinajstić information content (AvgIpc) is 3.24. The summed E-state index contributed by atoms with van der Waals surface area (Å²) in [5, 5.41) is 14.3. The van der Waals surface area contributed by atoms with E-state index in [0.717, 1.165) is 24.2 Å². The lowest BCUT2D eigenvalue weighted by molar-refractivity contribution is -0.384. The highest BCUT2D eigenvalue weighted by atomic mass is 35.5. The molecule has 0 aliphatic heterocycles. The number of hydrogen-bond donors (Lipinski definition) is 1. The van der Waals surface area contributed by atoms with E-state index in [0.29, 0.717) is 11.5 Å². The molecule has 1 N–H and O–H groups in total. The number of nitro groups is 1. The molecule has 176 valence electrons. The van der Waals surface area contributed by atoms with Gasteiger partial charge in [0, 0.05) is 18.2 Å². The molecule has 1 amide bonds. The minimum absolute atomic E-state index is 0.0665. The van der Waals surface area contributed by atoms with Crippen molar-refractivity contribution in [2.45, 2.75) is 64.5 Å². The largest absolute Gasteiger partial charge is 0.484 e. The second-order valence-electron chi connectivity index (χ2n) is 10.1. The summed E-state index contributed by atoms with van der Waals surface area (Å²) in [6, 6.07) is 7.57. The Kier molecular flexibility index (Phi) is 5.85. The molecule has 2 aromatic rings. The van der Waals surface area contributed by atoms with Crippen LogP contribution in [0.1, 0.15) is 68.2 Å². The van der Waals surface area contributed by atoms with Gasteiger partial charge in [0.05, 0.1) is 9.95 Å². The van der Waals surface area contributed by atoms with Gasteiger partial charge in [-0.2, -0.15) is 0 Å². The molecule has 4 aliphatic carbocycles. The predicted octanol–water partition coefficient (Wildman–Crippen LogP) is 6.15. The van der Waals surface area contributed by atoms with Gasteiger partial charge in [-0.25, -0.2) is 0 Å². The summed E-state index contributed by atoms with van der Waals surface area (Å²) in [6.07, 6.45) is 8.78. The Morgan fingerprint density at radius 2 is 1.88 bits per heavy atom. The molecule has 8 heteroatoms. The van der Waals surface area contributed by atoms with Gasteiger partial charge < -0.3 is 14.5 Å². The minimum atomic E-state index is -0.514. The van der Waals surface area contributed by atoms with Gasteiger partial charge in [-0.1, -0.05) is 18.5 Å². The van der Waals surface area contributed by atoms with Crippen LogP contribution in [0.5, 0.6) is 5.75 Å². The molecule has 1 unspecified atom stereocenters. The summed E-state index contributed by atoms with van der Waals surface area (Å²) in [5.41, 5.74) is 0.137. The van der Waals surface area contributed by atoms with Gasteiger partial charge in [0.15, 0.2) is 5.76 Å². The monoisotopic (exact) mass is 472 g/mol. The fourth-order valence-electron chi connectivity index (χ4n) is 6.97. The summed E-state index contributed by atoms with van der Waals surface area (Å²) >= 11 is 6.07. The smallest absolute Gasteiger partial charge is 0.287 e. The van der Waals surface area contributed by atoms with E-state index < -0.39 is 4.92 Å². The third-order valence-electron chi connectivity index (χ3n) is 7.92. The number of amides is 1. The van der Waals surface area contributed by atoms with Crippen LogP contribution in [0, 0.1) is 33.3 Å². The summed E-state index contributed by atoms with van der Waals surface area (Å²) in [4.78, 5) is 23.3. The summed E-state index contributed by atoms with van der Waals surface area (Å²) in [6.45, 7) is 2.23. The van der Waals surface area contributed by atoms with Crippen LogP contribution < -0.4 is 10.1 Å². The van der Waals surface area contributed by atoms with Crippen LogP contribution in [0.25, 0.3) is 0 Å². The Morgan fingerprint density at radius 1 is 1.21 bits per heavy atom. The van der Waals surface area contributed by atoms with Crippen LogP contribution in [0.4, 0.5) is 5.69 Å². The first-order valence-electron chi connectivity index (χ1n) is 11.8. The fraction of sp³-hybridized carbons (Fsp3) is 0.560. The second kappa shape index (κ2) is 8.67. The van der Waals surface area contributed by atoms with Gasteiger partial charge in [-0.15, -0.1) is 0 Å². The summed E-state index contributed by atoms with van der Waals surface area (Å²) < 4.78 is 11.4. The van der Waals surface area contributed by atoms with Gasteiger partial charge in [0.2, 0.25) is 0 Å². The normalized spacial score (nSPS) is 28.5. The molecule has 1 aromatic heterocycles. The molecule has 0 saturated heterocycles. The van der Waals surface area contributed by atoms with Crippen molar-refractivity contribution in [3.63, 3.8) is 0 Å². The van der Waals surface area contributed by atoms with Crippen LogP contribution in [0.15, 0.2) is 34.7 Å². The molecular weight excluding hydrogens is 444 g/mol. The number of nitro benzene ring substituents is 1. The molecule has 4 fully saturated rings. The van der Waals surface area contributed by atoms with E-state index in [1.54, 1.807) is 12.1 Å². The maximum absolute atomic E-state index is 13.0. The minimum Gasteiger partial charge on any atom is -0.484 e. The number of carbonyl (C=O) groups excluding carboxylic acids is 1. The Bertz CT molecular complexity index is 1030. The standard InChI is InChI=1S/C25H29ClN2O5/c1-2-23(25-11-15-7-16(12-25)9-17(8-15)13-25)27-24(29)22-6-4-19(33-22)14-32-21-5-3-18(28(30)31)10-20(21)26/h3-6,10,15-17,23H,2,7-9,11-14H2,1H3,(H,27,29). The van der Waals surface area contributed by atoms with Crippen molar-refractivity contribution in [1.82, 2.24) is 5.32 Å². The topological polar surface area (TPSA) is 94.6 Å². The van der Waals surface area contributed by atoms with E-state index >= 15 is 0 Å². The SMILES string of the molecule is CCC(NC(=O)c1ccc(COc2ccc([N+](=O)[O-])cc2Cl)o1)C12CC3CC(CC(C3)C1)C2. The van der Waals surface area contributed by atoms with Crippen molar-refractivity contribution in [1.29, 1.82) is 0 Å². The number of benzene rings is 1. The zero-order valence-corrected chi connectivity index (χ0v) is 19.5. The average molecular weight is 473 g/mol. The van der Waals surface area contributed by atoms with Crippen LogP contribution in [-0.2, 0) is 6.61 Å². The quantitative estimate of drug-likeness (QED) is 0.367. The maximum atomic E-state index is 13.0. The number of nitrogens with zero attached hydrogens (tertiary/aromatic N) is 1. The van der Waals surface area contributed by atoms with Gasteiger partial charge in [-0.3, -0.25) is 14.9 Å². The molecule has 1 heterocycles. The second-order valence-corrected chi connectivity index (χ2v) is 10.5. The van der Waals surface area contributed by atoms with E-state index in [4.69, 9.17) is 20.8 Å². The Hall–Kier alpha value is -2.54. The van der Waals surface area contributed by atoms with E-state index in [9.17, 15) is 14.9 Å². The third-order valence-corrected chi connectivity index (χ3v) is 8.22. The highest BCUT2D eigenvalue weighted by Crippen LogP contribution is 2.61. The molecule has 4 bridgehead atoms. The van der Waals surface area contributed by atoms with Crippen molar-refractivity contribution in [3.8, 4) is 5.75 Å². The predicted molar refractivity (Wildman–Crippen MR) is 123 cm³/mol. The molecule has 1 aromatic carbocycles. The summed E-state index contributed by atoms with van der Waals surface area (Å²) in [7, 11) is 0. The van der Waals surface area contributed by atoms with Crippen molar-refractivity contribution in [3.05, 3.63) is 57.0 Å². The number of ether oxygens (including phenoxy) is 1. The number of rotatable bonds is 8. The van der Waals surface area contributed by atoms with E-state index in [1.165, 1.54) is 56.7 Å². The Morgan fingerprint density at radius 3 is 2.45 bits per heavy atom. The lowest BCUT2D eigenvalue weighted by atomic mass is 9.47. The van der Waals surface area contributed by atoms with Crippen molar-refractivity contribution < 1.29 is 18.9 Å². The van der Waals surface area contributed by atoms with Crippen molar-refractivity contribution in [2.75, 3.05) is 0 Å². The Labute approximate surface area is 198 Å². The number of non-ortho nitro benzene ring substituents is 1. The number of furan rings is 1. The van der Waals surface area contributed by atoms with Crippen LogP contribution in [0.2, 0.25) is 5.02 Å². The molecule has 1 atom stereocenters. The number of nitrogens with one attached hydrogen (secondary N) is 1.